The number of anilines is 1. The normalized spacial score (nSPS) is 15.8. The van der Waals surface area contributed by atoms with Gasteiger partial charge in [0, 0.05) is 69.0 Å². The van der Waals surface area contributed by atoms with Gasteiger partial charge < -0.3 is 20.7 Å². The van der Waals surface area contributed by atoms with E-state index in [9.17, 15) is 0 Å². The molecule has 0 aromatic carbocycles. The van der Waals surface area contributed by atoms with Crippen LogP contribution in [0.25, 0.3) is 11.3 Å². The summed E-state index contributed by atoms with van der Waals surface area (Å²) in [6.45, 7) is 8.22. The first-order valence-corrected chi connectivity index (χ1v) is 9.99. The number of hydrogen-bond acceptors (Lipinski definition) is 7. The van der Waals surface area contributed by atoms with Crippen molar-refractivity contribution in [3.63, 3.8) is 0 Å². The van der Waals surface area contributed by atoms with E-state index < -0.39 is 0 Å². The summed E-state index contributed by atoms with van der Waals surface area (Å²) in [6.07, 6.45) is 4.32. The Bertz CT molecular complexity index is 882. The first-order chi connectivity index (χ1) is 14.1. The number of nitrogens with zero attached hydrogens (tertiary/aromatic N) is 4. The molecule has 0 amide bonds. The summed E-state index contributed by atoms with van der Waals surface area (Å²) in [5.41, 5.74) is 10.6. The molecule has 0 atom stereocenters. The molecule has 154 valence electrons. The molecule has 29 heavy (non-hydrogen) atoms. The number of hydrogen-bond donors (Lipinski definition) is 2. The molecule has 0 saturated carbocycles. The van der Waals surface area contributed by atoms with Crippen LogP contribution in [-0.2, 0) is 0 Å². The number of aromatic nitrogens is 2. The molecule has 2 aromatic heterocycles. The van der Waals surface area contributed by atoms with Crippen LogP contribution < -0.4 is 20.7 Å². The molecule has 3 N–H and O–H groups in total. The van der Waals surface area contributed by atoms with Crippen molar-refractivity contribution in [1.29, 1.82) is 0 Å². The molecule has 3 rings (SSSR count). The maximum Gasteiger partial charge on any atom is 0.145 e. The van der Waals surface area contributed by atoms with Crippen LogP contribution in [0.1, 0.15) is 20.3 Å². The Morgan fingerprint density at radius 3 is 2.72 bits per heavy atom. The number of pyridine rings is 2. The van der Waals surface area contributed by atoms with Gasteiger partial charge in [-0.15, -0.1) is 0 Å². The number of ether oxygens (including phenoxy) is 1. The highest BCUT2D eigenvalue weighted by Gasteiger charge is 2.15. The Morgan fingerprint density at radius 1 is 1.21 bits per heavy atom. The van der Waals surface area contributed by atoms with Crippen molar-refractivity contribution >= 4 is 11.5 Å². The standard InChI is InChI=1S/C22H30N6O/c1-16(23)19(17(2)24-3)7-14-29-20-5-4-8-27-22(20)18-6-9-26-21(15-18)28-12-10-25-11-13-28/h4-6,8-9,15,25H,7,10-14,23H2,1-3H3. The van der Waals surface area contributed by atoms with Gasteiger partial charge in [0.1, 0.15) is 17.3 Å². The Kier molecular flexibility index (Phi) is 7.19. The number of allylic oxidation sites excluding steroid dienone is 1. The Balaban J connectivity index is 1.76. The lowest BCUT2D eigenvalue weighted by molar-refractivity contribution is 0.323. The number of nitrogens with two attached hydrogens (primary N) is 1. The first-order valence-electron chi connectivity index (χ1n) is 9.99. The quantitative estimate of drug-likeness (QED) is 0.702. The maximum atomic E-state index is 6.10. The third kappa shape index (κ3) is 5.32. The average Bonchev–Trinajstić information content (AvgIpc) is 2.77. The average molecular weight is 395 g/mol. The van der Waals surface area contributed by atoms with Gasteiger partial charge in [0.2, 0.25) is 0 Å². The molecule has 1 fully saturated rings. The van der Waals surface area contributed by atoms with E-state index in [0.29, 0.717) is 13.0 Å². The van der Waals surface area contributed by atoms with Gasteiger partial charge in [-0.2, -0.15) is 0 Å². The van der Waals surface area contributed by atoms with Gasteiger partial charge in [-0.05, 0) is 43.7 Å². The van der Waals surface area contributed by atoms with Crippen molar-refractivity contribution in [1.82, 2.24) is 15.3 Å². The highest BCUT2D eigenvalue weighted by atomic mass is 16.5. The Morgan fingerprint density at radius 2 is 2.00 bits per heavy atom. The minimum Gasteiger partial charge on any atom is -0.491 e. The smallest absolute Gasteiger partial charge is 0.145 e. The van der Waals surface area contributed by atoms with Crippen LogP contribution >= 0.6 is 0 Å². The van der Waals surface area contributed by atoms with E-state index >= 15 is 0 Å². The van der Waals surface area contributed by atoms with Crippen molar-refractivity contribution in [3.05, 3.63) is 47.9 Å². The predicted molar refractivity (Wildman–Crippen MR) is 119 cm³/mol. The van der Waals surface area contributed by atoms with Gasteiger partial charge in [0.25, 0.3) is 0 Å². The SMILES string of the molecule is CN=C(C)C(CCOc1cccnc1-c1ccnc(N2CCNCC2)c1)=C(C)N. The van der Waals surface area contributed by atoms with Crippen molar-refractivity contribution in [2.45, 2.75) is 20.3 Å². The van der Waals surface area contributed by atoms with Crippen molar-refractivity contribution < 1.29 is 4.74 Å². The second kappa shape index (κ2) is 10.0. The predicted octanol–water partition coefficient (Wildman–Crippen LogP) is 2.65. The molecular weight excluding hydrogens is 364 g/mol. The van der Waals surface area contributed by atoms with Gasteiger partial charge in [0.15, 0.2) is 0 Å². The van der Waals surface area contributed by atoms with Crippen LogP contribution in [-0.4, -0.2) is 55.5 Å². The Labute approximate surface area is 172 Å². The molecule has 7 heteroatoms. The molecular formula is C22H30N6O. The molecule has 0 bridgehead atoms. The molecule has 0 aliphatic carbocycles. The van der Waals surface area contributed by atoms with E-state index in [4.69, 9.17) is 10.5 Å². The van der Waals surface area contributed by atoms with Gasteiger partial charge in [-0.3, -0.25) is 9.98 Å². The lowest BCUT2D eigenvalue weighted by atomic mass is 10.1. The highest BCUT2D eigenvalue weighted by molar-refractivity contribution is 5.98. The Hall–Kier alpha value is -2.93. The van der Waals surface area contributed by atoms with Crippen LogP contribution in [0, 0.1) is 0 Å². The number of nitrogens with one attached hydrogen (secondary N) is 1. The molecule has 3 heterocycles. The fourth-order valence-electron chi connectivity index (χ4n) is 3.42. The summed E-state index contributed by atoms with van der Waals surface area (Å²) in [4.78, 5) is 15.7. The van der Waals surface area contributed by atoms with E-state index in [2.05, 4.69) is 31.2 Å². The first kappa shape index (κ1) is 20.8. The summed E-state index contributed by atoms with van der Waals surface area (Å²) in [5, 5.41) is 3.37. The molecule has 2 aromatic rings. The number of rotatable bonds is 7. The monoisotopic (exact) mass is 394 g/mol. The van der Waals surface area contributed by atoms with Crippen molar-refractivity contribution in [3.8, 4) is 17.0 Å². The molecule has 1 saturated heterocycles. The van der Waals surface area contributed by atoms with E-state index in [0.717, 1.165) is 66.0 Å². The van der Waals surface area contributed by atoms with Crippen LogP contribution in [0.3, 0.4) is 0 Å². The topological polar surface area (TPSA) is 88.7 Å². The minimum atomic E-state index is 0.505. The maximum absolute atomic E-state index is 6.10. The van der Waals surface area contributed by atoms with Crippen LogP contribution in [0.15, 0.2) is 52.9 Å². The zero-order valence-electron chi connectivity index (χ0n) is 17.5. The summed E-state index contributed by atoms with van der Waals surface area (Å²) in [5.74, 6) is 1.73. The molecule has 1 aliphatic heterocycles. The molecule has 7 nitrogen and oxygen atoms in total. The van der Waals surface area contributed by atoms with Crippen LogP contribution in [0.2, 0.25) is 0 Å². The van der Waals surface area contributed by atoms with E-state index in [1.165, 1.54) is 0 Å². The van der Waals surface area contributed by atoms with Gasteiger partial charge in [-0.1, -0.05) is 0 Å². The van der Waals surface area contributed by atoms with Crippen molar-refractivity contribution in [2.75, 3.05) is 44.7 Å². The molecule has 1 aliphatic rings. The third-order valence-electron chi connectivity index (χ3n) is 5.09. The second-order valence-corrected chi connectivity index (χ2v) is 7.06. The van der Waals surface area contributed by atoms with Crippen LogP contribution in [0.5, 0.6) is 5.75 Å². The zero-order valence-corrected chi connectivity index (χ0v) is 17.5. The lowest BCUT2D eigenvalue weighted by Gasteiger charge is -2.28. The van der Waals surface area contributed by atoms with E-state index in [-0.39, 0.29) is 0 Å². The van der Waals surface area contributed by atoms with E-state index in [1.807, 2.05) is 38.2 Å². The summed E-state index contributed by atoms with van der Waals surface area (Å²) < 4.78 is 6.10. The molecule has 0 spiro atoms. The molecule has 0 radical (unpaired) electrons. The number of piperazine rings is 1. The third-order valence-corrected chi connectivity index (χ3v) is 5.09. The largest absolute Gasteiger partial charge is 0.491 e. The van der Waals surface area contributed by atoms with Gasteiger partial charge in [-0.25, -0.2) is 4.98 Å². The van der Waals surface area contributed by atoms with Gasteiger partial charge in [0.05, 0.1) is 6.61 Å². The minimum absolute atomic E-state index is 0.505. The summed E-state index contributed by atoms with van der Waals surface area (Å²) in [6, 6.07) is 7.90. The zero-order chi connectivity index (χ0) is 20.6. The van der Waals surface area contributed by atoms with Crippen molar-refractivity contribution in [2.24, 2.45) is 10.7 Å². The highest BCUT2D eigenvalue weighted by Crippen LogP contribution is 2.29. The molecule has 0 unspecified atom stereocenters. The van der Waals surface area contributed by atoms with E-state index in [1.54, 1.807) is 13.2 Å². The fourth-order valence-corrected chi connectivity index (χ4v) is 3.42. The van der Waals surface area contributed by atoms with Gasteiger partial charge >= 0.3 is 0 Å². The van der Waals surface area contributed by atoms with Crippen LogP contribution in [0.4, 0.5) is 5.82 Å². The second-order valence-electron chi connectivity index (χ2n) is 7.06. The fraction of sp³-hybridized carbons (Fsp3) is 0.409. The summed E-state index contributed by atoms with van der Waals surface area (Å²) >= 11 is 0. The summed E-state index contributed by atoms with van der Waals surface area (Å²) in [7, 11) is 1.78. The lowest BCUT2D eigenvalue weighted by Crippen LogP contribution is -2.43. The number of aliphatic imine (C=N–C) groups is 1.